The van der Waals surface area contributed by atoms with Gasteiger partial charge in [0, 0.05) is 18.5 Å². The number of fused-ring (bicyclic) bond motifs is 5. The first kappa shape index (κ1) is 27.9. The first-order chi connectivity index (χ1) is 18.6. The van der Waals surface area contributed by atoms with Gasteiger partial charge in [0.1, 0.15) is 17.5 Å². The molecular formula is C31H44N2O7. The maximum absolute atomic E-state index is 13.6. The number of hydrogen-bond acceptors (Lipinski definition) is 8. The van der Waals surface area contributed by atoms with Crippen molar-refractivity contribution in [3.05, 3.63) is 40.3 Å². The highest BCUT2D eigenvalue weighted by molar-refractivity contribution is 5.68. The molecule has 2 heterocycles. The number of aryl methyl sites for hydroxylation is 2. The predicted octanol–water partition coefficient (Wildman–Crippen LogP) is 4.29. The monoisotopic (exact) mass is 556 g/mol. The lowest BCUT2D eigenvalue weighted by molar-refractivity contribution is -0.312. The highest BCUT2D eigenvalue weighted by atomic mass is 16.7. The van der Waals surface area contributed by atoms with Gasteiger partial charge in [-0.2, -0.15) is 0 Å². The lowest BCUT2D eigenvalue weighted by Crippen LogP contribution is -2.69. The Morgan fingerprint density at radius 2 is 1.93 bits per heavy atom. The number of aliphatic hydroxyl groups is 2. The third kappa shape index (κ3) is 3.60. The number of carbonyl (C=O) groups is 1. The molecule has 1 amide bonds. The van der Waals surface area contributed by atoms with E-state index in [4.69, 9.17) is 18.7 Å². The van der Waals surface area contributed by atoms with Crippen molar-refractivity contribution in [1.82, 2.24) is 10.1 Å². The fourth-order valence-corrected chi connectivity index (χ4v) is 8.83. The van der Waals surface area contributed by atoms with Crippen LogP contribution in [0.1, 0.15) is 65.0 Å². The van der Waals surface area contributed by atoms with Gasteiger partial charge in [0.2, 0.25) is 0 Å². The van der Waals surface area contributed by atoms with Crippen LogP contribution in [0.3, 0.4) is 0 Å². The smallest absolute Gasteiger partial charge is 0.410 e. The van der Waals surface area contributed by atoms with E-state index in [0.717, 1.165) is 23.1 Å². The van der Waals surface area contributed by atoms with Crippen molar-refractivity contribution in [2.24, 2.45) is 34.5 Å². The quantitative estimate of drug-likeness (QED) is 0.530. The van der Waals surface area contributed by atoms with E-state index < -0.39 is 41.2 Å². The molecule has 220 valence electrons. The van der Waals surface area contributed by atoms with Crippen molar-refractivity contribution >= 4 is 6.09 Å². The molecule has 2 bridgehead atoms. The van der Waals surface area contributed by atoms with E-state index >= 15 is 0 Å². The topological polar surface area (TPSA) is 114 Å². The average Bonchev–Trinajstić information content (AvgIpc) is 3.19. The lowest BCUT2D eigenvalue weighted by atomic mass is 9.58. The zero-order chi connectivity index (χ0) is 29.2. The van der Waals surface area contributed by atoms with Crippen molar-refractivity contribution in [3.63, 3.8) is 0 Å². The number of aliphatic hydroxyl groups excluding tert-OH is 1. The summed E-state index contributed by atoms with van der Waals surface area (Å²) in [6.07, 6.45) is 1.66. The molecule has 1 aromatic rings. The normalized spacial score (nSPS) is 42.3. The average molecular weight is 557 g/mol. The van der Waals surface area contributed by atoms with E-state index in [0.29, 0.717) is 17.4 Å². The van der Waals surface area contributed by atoms with Gasteiger partial charge in [-0.25, -0.2) is 4.79 Å². The Balaban J connectivity index is 1.42. The summed E-state index contributed by atoms with van der Waals surface area (Å²) in [5.41, 5.74) is 0.332. The minimum absolute atomic E-state index is 0.0900. The van der Waals surface area contributed by atoms with Gasteiger partial charge in [-0.05, 0) is 75.4 Å². The Morgan fingerprint density at radius 3 is 2.58 bits per heavy atom. The van der Waals surface area contributed by atoms with Gasteiger partial charge in [-0.3, -0.25) is 0 Å². The molecule has 0 radical (unpaired) electrons. The van der Waals surface area contributed by atoms with Gasteiger partial charge in [0.25, 0.3) is 0 Å². The van der Waals surface area contributed by atoms with Gasteiger partial charge in [-0.1, -0.05) is 38.1 Å². The summed E-state index contributed by atoms with van der Waals surface area (Å²) in [6.45, 7) is 16.4. The zero-order valence-electron chi connectivity index (χ0n) is 25.1. The molecule has 1 spiro atoms. The maximum atomic E-state index is 13.6. The molecule has 6 rings (SSSR count). The highest BCUT2D eigenvalue weighted by Gasteiger charge is 2.77. The number of amides is 1. The number of carbonyl (C=O) groups excluding carboxylic acids is 1. The summed E-state index contributed by atoms with van der Waals surface area (Å²) in [6, 6.07) is 0. The first-order valence-corrected chi connectivity index (χ1v) is 14.5. The summed E-state index contributed by atoms with van der Waals surface area (Å²) >= 11 is 0. The molecule has 0 aromatic carbocycles. The summed E-state index contributed by atoms with van der Waals surface area (Å²) in [5.74, 6) is 0.127. The summed E-state index contributed by atoms with van der Waals surface area (Å²) in [5, 5.41) is 29.5. The third-order valence-electron chi connectivity index (χ3n) is 11.0. The van der Waals surface area contributed by atoms with Crippen molar-refractivity contribution in [3.8, 4) is 0 Å². The van der Waals surface area contributed by atoms with E-state index in [9.17, 15) is 15.0 Å². The van der Waals surface area contributed by atoms with E-state index in [2.05, 4.69) is 32.0 Å². The second-order valence-electron chi connectivity index (χ2n) is 14.1. The predicted molar refractivity (Wildman–Crippen MR) is 146 cm³/mol. The summed E-state index contributed by atoms with van der Waals surface area (Å²) in [4.78, 5) is 15.1. The van der Waals surface area contributed by atoms with Crippen molar-refractivity contribution < 1.29 is 33.7 Å². The van der Waals surface area contributed by atoms with Gasteiger partial charge < -0.3 is 33.8 Å². The molecule has 9 nitrogen and oxygen atoms in total. The van der Waals surface area contributed by atoms with Crippen molar-refractivity contribution in [2.45, 2.75) is 98.1 Å². The fraction of sp³-hybridized carbons (Fsp3) is 0.742. The third-order valence-corrected chi connectivity index (χ3v) is 11.0. The standard InChI is InChI=1S/C31H44N2O7/c1-15-12-30-16(2)10-22-23(28(22,5)6)20(24(30)34)11-19-14-37-29(7,8)39-26(19)31(30,36)25(15)38-27(35)33(9)13-21-17(3)32-40-18(21)4/h11-12,16,20,22-26,34,36H,10,13-14H2,1-9H3/t16-,20+,22-,23+,24?,25+,26-,30+,31-/m1/s1. The van der Waals surface area contributed by atoms with E-state index in [-0.39, 0.29) is 36.3 Å². The highest BCUT2D eigenvalue weighted by Crippen LogP contribution is 2.73. The zero-order valence-corrected chi connectivity index (χ0v) is 25.1. The molecule has 9 heteroatoms. The van der Waals surface area contributed by atoms with E-state index in [1.165, 1.54) is 4.90 Å². The Kier molecular flexibility index (Phi) is 6.05. The molecule has 1 aromatic heterocycles. The number of ether oxygens (including phenoxy) is 3. The Bertz CT molecular complexity index is 1280. The Labute approximate surface area is 236 Å². The molecular weight excluding hydrogens is 512 g/mol. The van der Waals surface area contributed by atoms with Crippen LogP contribution in [0.25, 0.3) is 0 Å². The van der Waals surface area contributed by atoms with Gasteiger partial charge in [0.05, 0.1) is 30.4 Å². The second kappa shape index (κ2) is 8.66. The van der Waals surface area contributed by atoms with Crippen LogP contribution in [0, 0.1) is 48.3 Å². The van der Waals surface area contributed by atoms with Crippen LogP contribution in [-0.4, -0.2) is 69.7 Å². The molecule has 3 fully saturated rings. The van der Waals surface area contributed by atoms with Crippen molar-refractivity contribution in [1.29, 1.82) is 0 Å². The van der Waals surface area contributed by atoms with Crippen molar-refractivity contribution in [2.75, 3.05) is 13.7 Å². The lowest BCUT2D eigenvalue weighted by Gasteiger charge is -2.55. The summed E-state index contributed by atoms with van der Waals surface area (Å²) in [7, 11) is 1.66. The number of aromatic nitrogens is 1. The maximum Gasteiger partial charge on any atom is 0.410 e. The molecule has 40 heavy (non-hydrogen) atoms. The van der Waals surface area contributed by atoms with Crippen LogP contribution < -0.4 is 0 Å². The van der Waals surface area contributed by atoms with Crippen LogP contribution >= 0.6 is 0 Å². The molecule has 2 N–H and O–H groups in total. The molecule has 5 aliphatic rings. The van der Waals surface area contributed by atoms with E-state index in [1.54, 1.807) is 7.05 Å². The summed E-state index contributed by atoms with van der Waals surface area (Å²) < 4.78 is 24.1. The van der Waals surface area contributed by atoms with Crippen LogP contribution in [0.4, 0.5) is 4.79 Å². The van der Waals surface area contributed by atoms with E-state index in [1.807, 2.05) is 40.7 Å². The second-order valence-corrected chi connectivity index (χ2v) is 14.1. The minimum atomic E-state index is -1.74. The molecule has 1 unspecified atom stereocenters. The number of hydrogen-bond donors (Lipinski definition) is 2. The largest absolute Gasteiger partial charge is 0.438 e. The molecule has 1 aliphatic heterocycles. The Morgan fingerprint density at radius 1 is 1.23 bits per heavy atom. The van der Waals surface area contributed by atoms with Crippen LogP contribution in [0.2, 0.25) is 0 Å². The van der Waals surface area contributed by atoms with Crippen LogP contribution in [-0.2, 0) is 20.8 Å². The molecule has 9 atom stereocenters. The molecule has 1 saturated heterocycles. The fourth-order valence-electron chi connectivity index (χ4n) is 8.83. The van der Waals surface area contributed by atoms with Crippen LogP contribution in [0.15, 0.2) is 27.8 Å². The minimum Gasteiger partial charge on any atom is -0.438 e. The van der Waals surface area contributed by atoms with Gasteiger partial charge >= 0.3 is 6.09 Å². The molecule has 2 saturated carbocycles. The number of nitrogens with zero attached hydrogens (tertiary/aromatic N) is 2. The Hall–Kier alpha value is -2.20. The van der Waals surface area contributed by atoms with Crippen LogP contribution in [0.5, 0.6) is 0 Å². The first-order valence-electron chi connectivity index (χ1n) is 14.5. The molecule has 4 aliphatic carbocycles. The SMILES string of the molecule is CC1=C[C@]23C(O)[C@@H](C=C4COC(C)(C)O[C@H]4[C@]2(O)[C@H]1OC(=O)N(C)Cc1c(C)noc1C)[C@H]1[C@@H](C[C@H]3C)C1(C)C. The van der Waals surface area contributed by atoms with Gasteiger partial charge in [-0.15, -0.1) is 0 Å². The van der Waals surface area contributed by atoms with Gasteiger partial charge in [0.15, 0.2) is 11.9 Å². The number of rotatable bonds is 3.